The molecule has 0 N–H and O–H groups in total. The van der Waals surface area contributed by atoms with E-state index in [2.05, 4.69) is 20.3 Å². The zero-order valence-corrected chi connectivity index (χ0v) is 6.62. The SMILES string of the molecule is CSc1cnn2cnnc2n1. The molecule has 2 heterocycles. The Morgan fingerprint density at radius 3 is 3.27 bits per heavy atom. The Kier molecular flexibility index (Phi) is 1.46. The van der Waals surface area contributed by atoms with Gasteiger partial charge in [-0.2, -0.15) is 9.61 Å². The molecule has 0 amide bonds. The average molecular weight is 167 g/mol. The van der Waals surface area contributed by atoms with Gasteiger partial charge in [0.2, 0.25) is 0 Å². The van der Waals surface area contributed by atoms with E-state index in [-0.39, 0.29) is 0 Å². The van der Waals surface area contributed by atoms with Gasteiger partial charge < -0.3 is 0 Å². The number of rotatable bonds is 1. The first kappa shape index (κ1) is 6.53. The first-order chi connectivity index (χ1) is 5.40. The normalized spacial score (nSPS) is 10.6. The van der Waals surface area contributed by atoms with Crippen LogP contribution in [0.1, 0.15) is 0 Å². The van der Waals surface area contributed by atoms with Crippen molar-refractivity contribution in [1.82, 2.24) is 24.8 Å². The summed E-state index contributed by atoms with van der Waals surface area (Å²) in [5.74, 6) is 0.539. The molecule has 0 atom stereocenters. The van der Waals surface area contributed by atoms with E-state index in [1.54, 1.807) is 6.20 Å². The lowest BCUT2D eigenvalue weighted by Gasteiger charge is -1.92. The van der Waals surface area contributed by atoms with Gasteiger partial charge in [-0.3, -0.25) is 0 Å². The summed E-state index contributed by atoms with van der Waals surface area (Å²) in [4.78, 5) is 4.14. The molecule has 5 nitrogen and oxygen atoms in total. The maximum Gasteiger partial charge on any atom is 0.272 e. The summed E-state index contributed by atoms with van der Waals surface area (Å²) >= 11 is 1.53. The van der Waals surface area contributed by atoms with E-state index in [1.807, 2.05) is 6.26 Å². The van der Waals surface area contributed by atoms with Gasteiger partial charge in [0.1, 0.15) is 11.4 Å². The van der Waals surface area contributed by atoms with Gasteiger partial charge in [-0.1, -0.05) is 0 Å². The highest BCUT2D eigenvalue weighted by atomic mass is 32.2. The summed E-state index contributed by atoms with van der Waals surface area (Å²) in [7, 11) is 0. The Balaban J connectivity index is 2.67. The van der Waals surface area contributed by atoms with E-state index in [9.17, 15) is 0 Å². The molecule has 0 aliphatic carbocycles. The van der Waals surface area contributed by atoms with Crippen molar-refractivity contribution in [1.29, 1.82) is 0 Å². The highest BCUT2D eigenvalue weighted by Gasteiger charge is 1.97. The van der Waals surface area contributed by atoms with Crippen LogP contribution < -0.4 is 0 Å². The molecule has 56 valence electrons. The van der Waals surface area contributed by atoms with E-state index in [1.165, 1.54) is 22.6 Å². The summed E-state index contributed by atoms with van der Waals surface area (Å²) in [6, 6.07) is 0. The zero-order chi connectivity index (χ0) is 7.68. The van der Waals surface area contributed by atoms with Crippen molar-refractivity contribution >= 4 is 17.5 Å². The molecule has 0 saturated carbocycles. The predicted octanol–water partition coefficient (Wildman–Crippen LogP) is 0.241. The van der Waals surface area contributed by atoms with Gasteiger partial charge in [-0.25, -0.2) is 4.98 Å². The predicted molar refractivity (Wildman–Crippen MR) is 40.4 cm³/mol. The molecule has 0 bridgehead atoms. The minimum absolute atomic E-state index is 0.539. The third-order valence-electron chi connectivity index (χ3n) is 1.23. The molecule has 0 fully saturated rings. The fourth-order valence-corrected chi connectivity index (χ4v) is 1.04. The number of fused-ring (bicyclic) bond motifs is 1. The first-order valence-corrected chi connectivity index (χ1v) is 4.19. The van der Waals surface area contributed by atoms with Crippen molar-refractivity contribution in [2.75, 3.05) is 6.26 Å². The average Bonchev–Trinajstić information content (AvgIpc) is 2.50. The summed E-state index contributed by atoms with van der Waals surface area (Å²) in [6.45, 7) is 0. The molecule has 0 spiro atoms. The second kappa shape index (κ2) is 2.46. The maximum atomic E-state index is 4.14. The van der Waals surface area contributed by atoms with Gasteiger partial charge in [-0.15, -0.1) is 22.0 Å². The highest BCUT2D eigenvalue weighted by Crippen LogP contribution is 2.08. The van der Waals surface area contributed by atoms with Gasteiger partial charge in [0.05, 0.1) is 6.20 Å². The molecule has 2 rings (SSSR count). The van der Waals surface area contributed by atoms with Crippen molar-refractivity contribution in [3.8, 4) is 0 Å². The van der Waals surface area contributed by atoms with Crippen molar-refractivity contribution in [3.63, 3.8) is 0 Å². The molecule has 0 aliphatic heterocycles. The van der Waals surface area contributed by atoms with Crippen molar-refractivity contribution in [3.05, 3.63) is 12.5 Å². The molecule has 0 unspecified atom stereocenters. The van der Waals surface area contributed by atoms with E-state index in [4.69, 9.17) is 0 Å². The molecule has 6 heteroatoms. The number of nitrogens with zero attached hydrogens (tertiary/aromatic N) is 5. The van der Waals surface area contributed by atoms with Crippen LogP contribution in [0.3, 0.4) is 0 Å². The second-order valence-corrected chi connectivity index (χ2v) is 2.70. The molecule has 0 saturated heterocycles. The smallest absolute Gasteiger partial charge is 0.202 e. The van der Waals surface area contributed by atoms with Gasteiger partial charge in [-0.05, 0) is 6.26 Å². The molecule has 11 heavy (non-hydrogen) atoms. The van der Waals surface area contributed by atoms with Crippen molar-refractivity contribution < 1.29 is 0 Å². The summed E-state index contributed by atoms with van der Waals surface area (Å²) in [5, 5.41) is 12.3. The molecule has 0 radical (unpaired) electrons. The summed E-state index contributed by atoms with van der Waals surface area (Å²) in [6.07, 6.45) is 5.14. The quantitative estimate of drug-likeness (QED) is 0.569. The van der Waals surface area contributed by atoms with E-state index < -0.39 is 0 Å². The Bertz CT molecular complexity index is 370. The lowest BCUT2D eigenvalue weighted by molar-refractivity contribution is 0.859. The molecular formula is C5H5N5S. The van der Waals surface area contributed by atoms with Gasteiger partial charge in [0.15, 0.2) is 0 Å². The van der Waals surface area contributed by atoms with Crippen LogP contribution >= 0.6 is 11.8 Å². The minimum atomic E-state index is 0.539. The lowest BCUT2D eigenvalue weighted by Crippen LogP contribution is -1.93. The van der Waals surface area contributed by atoms with E-state index >= 15 is 0 Å². The maximum absolute atomic E-state index is 4.14. The fourth-order valence-electron chi connectivity index (χ4n) is 0.716. The lowest BCUT2D eigenvalue weighted by atomic mass is 10.9. The van der Waals surface area contributed by atoms with Gasteiger partial charge in [0.25, 0.3) is 5.78 Å². The number of thioether (sulfide) groups is 1. The minimum Gasteiger partial charge on any atom is -0.202 e. The van der Waals surface area contributed by atoms with Crippen LogP contribution in [0.2, 0.25) is 0 Å². The third kappa shape index (κ3) is 1.05. The van der Waals surface area contributed by atoms with Gasteiger partial charge in [0, 0.05) is 0 Å². The largest absolute Gasteiger partial charge is 0.272 e. The van der Waals surface area contributed by atoms with E-state index in [0.29, 0.717) is 5.78 Å². The second-order valence-electron chi connectivity index (χ2n) is 1.87. The van der Waals surface area contributed by atoms with E-state index in [0.717, 1.165) is 5.03 Å². The Morgan fingerprint density at radius 1 is 1.55 bits per heavy atom. The Hall–Kier alpha value is -1.17. The summed E-state index contributed by atoms with van der Waals surface area (Å²) in [5.41, 5.74) is 0. The third-order valence-corrected chi connectivity index (χ3v) is 1.84. The Morgan fingerprint density at radius 2 is 2.45 bits per heavy atom. The van der Waals surface area contributed by atoms with Crippen LogP contribution in [-0.2, 0) is 0 Å². The Labute approximate surface area is 66.9 Å². The van der Waals surface area contributed by atoms with Crippen LogP contribution in [0.15, 0.2) is 17.6 Å². The molecule has 2 aromatic rings. The molecule has 2 aromatic heterocycles. The van der Waals surface area contributed by atoms with Crippen molar-refractivity contribution in [2.45, 2.75) is 5.03 Å². The molecular weight excluding hydrogens is 162 g/mol. The van der Waals surface area contributed by atoms with Crippen LogP contribution in [0.25, 0.3) is 5.78 Å². The standard InChI is InChI=1S/C5H5N5S/c1-11-4-2-7-10-3-6-9-5(10)8-4/h2-3H,1H3. The van der Waals surface area contributed by atoms with Crippen LogP contribution in [0.5, 0.6) is 0 Å². The van der Waals surface area contributed by atoms with Crippen LogP contribution in [0, 0.1) is 0 Å². The number of hydrogen-bond donors (Lipinski definition) is 0. The van der Waals surface area contributed by atoms with Gasteiger partial charge >= 0.3 is 0 Å². The highest BCUT2D eigenvalue weighted by molar-refractivity contribution is 7.98. The zero-order valence-electron chi connectivity index (χ0n) is 5.80. The fraction of sp³-hybridized carbons (Fsp3) is 0.200. The van der Waals surface area contributed by atoms with Crippen LogP contribution in [0.4, 0.5) is 0 Å². The van der Waals surface area contributed by atoms with Crippen LogP contribution in [-0.4, -0.2) is 31.1 Å². The monoisotopic (exact) mass is 167 g/mol. The molecule has 0 aromatic carbocycles. The first-order valence-electron chi connectivity index (χ1n) is 2.97. The number of aromatic nitrogens is 5. The molecule has 0 aliphatic rings. The topological polar surface area (TPSA) is 56.0 Å². The number of hydrogen-bond acceptors (Lipinski definition) is 5. The van der Waals surface area contributed by atoms with Crippen molar-refractivity contribution in [2.24, 2.45) is 0 Å². The summed E-state index contributed by atoms with van der Waals surface area (Å²) < 4.78 is 1.53.